The van der Waals surface area contributed by atoms with Crippen LogP contribution in [0.5, 0.6) is 0 Å². The van der Waals surface area contributed by atoms with Crippen molar-refractivity contribution in [2.24, 2.45) is 0 Å². The molecule has 0 aliphatic carbocycles. The normalized spacial score (nSPS) is 13.0. The fourth-order valence-electron chi connectivity index (χ4n) is 1.33. The second-order valence-corrected chi connectivity index (χ2v) is 4.19. The van der Waals surface area contributed by atoms with Gasteiger partial charge in [-0.25, -0.2) is 0 Å². The van der Waals surface area contributed by atoms with Crippen LogP contribution in [0.2, 0.25) is 0 Å². The summed E-state index contributed by atoms with van der Waals surface area (Å²) in [7, 11) is 3.52. The molecule has 0 N–H and O–H groups in total. The first-order valence-electron chi connectivity index (χ1n) is 4.53. The van der Waals surface area contributed by atoms with Gasteiger partial charge in [0.05, 0.1) is 11.8 Å². The fraction of sp³-hybridized carbons (Fsp3) is 0.182. The Kier molecular flexibility index (Phi) is 4.23. The van der Waals surface area contributed by atoms with Crippen LogP contribution >= 0.6 is 0 Å². The molecule has 0 aliphatic heterocycles. The molecule has 1 aromatic carbocycles. The molecule has 0 aromatic heterocycles. The van der Waals surface area contributed by atoms with Crippen LogP contribution in [0, 0.1) is 11.3 Å². The van der Waals surface area contributed by atoms with Crippen LogP contribution in [-0.2, 0) is 11.1 Å². The Bertz CT molecular complexity index is 475. The Hall–Kier alpha value is -1.64. The topological polar surface area (TPSA) is 67.2 Å². The van der Waals surface area contributed by atoms with Gasteiger partial charge in [-0.1, -0.05) is 18.2 Å². The standard InChI is InChI=1S/C11H12N2O2S/c1-13(2)10(7-8-12)9-5-3-4-6-11(9)16(14)15/h3-7H,1-2H3,(H,14,15)/p-1. The Balaban J connectivity index is 3.37. The minimum atomic E-state index is -2.31. The molecular weight excluding hydrogens is 224 g/mol. The summed E-state index contributed by atoms with van der Waals surface area (Å²) in [6.07, 6.45) is 1.33. The van der Waals surface area contributed by atoms with Gasteiger partial charge in [-0.3, -0.25) is 4.21 Å². The molecule has 1 rings (SSSR count). The molecule has 0 bridgehead atoms. The van der Waals surface area contributed by atoms with Crippen LogP contribution in [0.4, 0.5) is 0 Å². The van der Waals surface area contributed by atoms with E-state index in [2.05, 4.69) is 0 Å². The summed E-state index contributed by atoms with van der Waals surface area (Å²) in [5.41, 5.74) is 1.10. The zero-order valence-electron chi connectivity index (χ0n) is 9.01. The van der Waals surface area contributed by atoms with Gasteiger partial charge in [0.15, 0.2) is 0 Å². The minimum Gasteiger partial charge on any atom is -0.768 e. The Morgan fingerprint density at radius 1 is 1.50 bits per heavy atom. The molecule has 0 radical (unpaired) electrons. The summed E-state index contributed by atoms with van der Waals surface area (Å²) in [6, 6.07) is 8.47. The average Bonchev–Trinajstić information content (AvgIpc) is 2.25. The lowest BCUT2D eigenvalue weighted by atomic mass is 10.1. The first kappa shape index (κ1) is 12.4. The van der Waals surface area contributed by atoms with E-state index in [0.717, 1.165) is 0 Å². The number of nitriles is 1. The monoisotopic (exact) mass is 235 g/mol. The summed E-state index contributed by atoms with van der Waals surface area (Å²) in [5, 5.41) is 8.67. The molecule has 16 heavy (non-hydrogen) atoms. The van der Waals surface area contributed by atoms with Gasteiger partial charge in [0.1, 0.15) is 0 Å². The lowest BCUT2D eigenvalue weighted by molar-refractivity contribution is 0.535. The van der Waals surface area contributed by atoms with Gasteiger partial charge < -0.3 is 9.45 Å². The Morgan fingerprint density at radius 2 is 2.12 bits per heavy atom. The molecule has 0 spiro atoms. The van der Waals surface area contributed by atoms with Crippen molar-refractivity contribution in [1.82, 2.24) is 4.90 Å². The molecule has 0 fully saturated rings. The second kappa shape index (κ2) is 5.45. The molecule has 1 aromatic rings. The molecule has 84 valence electrons. The van der Waals surface area contributed by atoms with Gasteiger partial charge >= 0.3 is 0 Å². The van der Waals surface area contributed by atoms with Crippen LogP contribution in [0.1, 0.15) is 5.56 Å². The van der Waals surface area contributed by atoms with Crippen molar-refractivity contribution in [1.29, 1.82) is 5.26 Å². The molecule has 4 nitrogen and oxygen atoms in total. The van der Waals surface area contributed by atoms with E-state index in [9.17, 15) is 8.76 Å². The van der Waals surface area contributed by atoms with E-state index in [0.29, 0.717) is 11.3 Å². The molecule has 0 heterocycles. The van der Waals surface area contributed by atoms with Gasteiger partial charge in [0.2, 0.25) is 0 Å². The highest BCUT2D eigenvalue weighted by Crippen LogP contribution is 2.22. The number of hydrogen-bond acceptors (Lipinski definition) is 4. The molecule has 5 heteroatoms. The zero-order valence-corrected chi connectivity index (χ0v) is 9.82. The van der Waals surface area contributed by atoms with Gasteiger partial charge in [0, 0.05) is 30.6 Å². The van der Waals surface area contributed by atoms with E-state index in [4.69, 9.17) is 5.26 Å². The van der Waals surface area contributed by atoms with Crippen LogP contribution in [0.25, 0.3) is 5.70 Å². The van der Waals surface area contributed by atoms with Crippen LogP contribution in [0.3, 0.4) is 0 Å². The highest BCUT2D eigenvalue weighted by Gasteiger charge is 2.09. The average molecular weight is 235 g/mol. The third-order valence-corrected chi connectivity index (χ3v) is 2.74. The highest BCUT2D eigenvalue weighted by molar-refractivity contribution is 7.79. The van der Waals surface area contributed by atoms with Gasteiger partial charge in [-0.15, -0.1) is 0 Å². The lowest BCUT2D eigenvalue weighted by Crippen LogP contribution is -2.11. The third kappa shape index (κ3) is 2.69. The third-order valence-electron chi connectivity index (χ3n) is 2.03. The number of allylic oxidation sites excluding steroid dienone is 1. The van der Waals surface area contributed by atoms with E-state index in [1.165, 1.54) is 12.1 Å². The van der Waals surface area contributed by atoms with Crippen LogP contribution < -0.4 is 0 Å². The highest BCUT2D eigenvalue weighted by atomic mass is 32.2. The van der Waals surface area contributed by atoms with Gasteiger partial charge in [0.25, 0.3) is 0 Å². The first-order chi connectivity index (χ1) is 7.57. The number of hydrogen-bond donors (Lipinski definition) is 0. The quantitative estimate of drug-likeness (QED) is 0.586. The maximum Gasteiger partial charge on any atom is 0.0934 e. The SMILES string of the molecule is CN(C)C(=CC#N)c1ccccc1S(=O)[O-]. The molecule has 0 saturated heterocycles. The van der Waals surface area contributed by atoms with Gasteiger partial charge in [-0.2, -0.15) is 5.26 Å². The molecule has 0 aliphatic rings. The first-order valence-corrected chi connectivity index (χ1v) is 5.61. The summed E-state index contributed by atoms with van der Waals surface area (Å²) >= 11 is -2.31. The van der Waals surface area contributed by atoms with Crippen molar-refractivity contribution < 1.29 is 8.76 Å². The lowest BCUT2D eigenvalue weighted by Gasteiger charge is -2.20. The molecular formula is C11H11N2O2S-. The summed E-state index contributed by atoms with van der Waals surface area (Å²) in [4.78, 5) is 1.90. The Labute approximate surface area is 97.1 Å². The second-order valence-electron chi connectivity index (χ2n) is 3.28. The van der Waals surface area contributed by atoms with Crippen molar-refractivity contribution in [3.63, 3.8) is 0 Å². The number of rotatable bonds is 3. The summed E-state index contributed by atoms with van der Waals surface area (Å²) in [6.45, 7) is 0. The molecule has 0 amide bonds. The maximum atomic E-state index is 11.0. The number of benzene rings is 1. The zero-order chi connectivity index (χ0) is 12.1. The molecule has 1 unspecified atom stereocenters. The minimum absolute atomic E-state index is 0.192. The predicted octanol–water partition coefficient (Wildman–Crippen LogP) is 1.35. The number of nitrogens with zero attached hydrogens (tertiary/aromatic N) is 2. The van der Waals surface area contributed by atoms with E-state index in [1.54, 1.807) is 37.2 Å². The largest absolute Gasteiger partial charge is 0.768 e. The predicted molar refractivity (Wildman–Crippen MR) is 60.9 cm³/mol. The van der Waals surface area contributed by atoms with Crippen LogP contribution in [0.15, 0.2) is 35.2 Å². The van der Waals surface area contributed by atoms with Crippen molar-refractivity contribution >= 4 is 16.8 Å². The molecule has 0 saturated carbocycles. The van der Waals surface area contributed by atoms with Crippen LogP contribution in [-0.4, -0.2) is 27.8 Å². The molecule has 1 atom stereocenters. The smallest absolute Gasteiger partial charge is 0.0934 e. The van der Waals surface area contributed by atoms with Crippen molar-refractivity contribution in [2.75, 3.05) is 14.1 Å². The fourth-order valence-corrected chi connectivity index (χ4v) is 1.87. The van der Waals surface area contributed by atoms with Gasteiger partial charge in [-0.05, 0) is 17.1 Å². The van der Waals surface area contributed by atoms with Crippen molar-refractivity contribution in [2.45, 2.75) is 4.90 Å². The van der Waals surface area contributed by atoms with Crippen molar-refractivity contribution in [3.05, 3.63) is 35.9 Å². The Morgan fingerprint density at radius 3 is 2.62 bits per heavy atom. The van der Waals surface area contributed by atoms with E-state index in [1.807, 2.05) is 6.07 Å². The van der Waals surface area contributed by atoms with E-state index < -0.39 is 11.1 Å². The van der Waals surface area contributed by atoms with E-state index >= 15 is 0 Å². The van der Waals surface area contributed by atoms with Crippen molar-refractivity contribution in [3.8, 4) is 6.07 Å². The summed E-state index contributed by atoms with van der Waals surface area (Å²) in [5.74, 6) is 0. The van der Waals surface area contributed by atoms with E-state index in [-0.39, 0.29) is 4.90 Å². The maximum absolute atomic E-state index is 11.0. The summed E-state index contributed by atoms with van der Waals surface area (Å²) < 4.78 is 22.0.